The molecule has 1 atom stereocenters. The molecule has 4 nitrogen and oxygen atoms in total. The second kappa shape index (κ2) is 5.80. The summed E-state index contributed by atoms with van der Waals surface area (Å²) >= 11 is 0. The maximum atomic E-state index is 9.15. The number of aryl methyl sites for hydroxylation is 1. The van der Waals surface area contributed by atoms with Crippen LogP contribution in [0.5, 0.6) is 0 Å². The van der Waals surface area contributed by atoms with Crippen molar-refractivity contribution in [2.75, 3.05) is 19.6 Å². The van der Waals surface area contributed by atoms with Gasteiger partial charge in [-0.2, -0.15) is 0 Å². The molecule has 0 radical (unpaired) electrons. The highest BCUT2D eigenvalue weighted by atomic mass is 16.3. The topological polar surface area (TPSA) is 71.4 Å². The van der Waals surface area contributed by atoms with Crippen molar-refractivity contribution < 1.29 is 9.52 Å². The lowest BCUT2D eigenvalue weighted by molar-refractivity contribution is 0.180. The van der Waals surface area contributed by atoms with Crippen molar-refractivity contribution in [3.05, 3.63) is 23.7 Å². The second-order valence-corrected chi connectivity index (χ2v) is 3.36. The standard InChI is InChI=1S/C10H18N2O2/c1-8-2-3-10(14-8)4-5-12-7-9(13)6-11/h2-3,9,12-13H,4-7,11H2,1H3. The number of aliphatic hydroxyl groups excluding tert-OH is 1. The van der Waals surface area contributed by atoms with E-state index in [0.29, 0.717) is 13.1 Å². The number of hydrogen-bond acceptors (Lipinski definition) is 4. The molecule has 14 heavy (non-hydrogen) atoms. The maximum Gasteiger partial charge on any atom is 0.105 e. The SMILES string of the molecule is Cc1ccc(CCNCC(O)CN)o1. The summed E-state index contributed by atoms with van der Waals surface area (Å²) < 4.78 is 5.39. The zero-order valence-corrected chi connectivity index (χ0v) is 8.49. The van der Waals surface area contributed by atoms with Crippen LogP contribution in [0.2, 0.25) is 0 Å². The Labute approximate surface area is 84.1 Å². The summed E-state index contributed by atoms with van der Waals surface area (Å²) in [4.78, 5) is 0. The smallest absolute Gasteiger partial charge is 0.105 e. The molecule has 4 heteroatoms. The van der Waals surface area contributed by atoms with Crippen LogP contribution < -0.4 is 11.1 Å². The summed E-state index contributed by atoms with van der Waals surface area (Å²) in [7, 11) is 0. The third-order valence-corrected chi connectivity index (χ3v) is 2.00. The molecule has 0 fully saturated rings. The molecular formula is C10H18N2O2. The zero-order valence-electron chi connectivity index (χ0n) is 8.49. The summed E-state index contributed by atoms with van der Waals surface area (Å²) in [6, 6.07) is 3.92. The predicted molar refractivity (Wildman–Crippen MR) is 55.1 cm³/mol. The Morgan fingerprint density at radius 2 is 2.36 bits per heavy atom. The van der Waals surface area contributed by atoms with E-state index in [0.717, 1.165) is 24.5 Å². The van der Waals surface area contributed by atoms with Gasteiger partial charge < -0.3 is 20.6 Å². The highest BCUT2D eigenvalue weighted by Crippen LogP contribution is 2.05. The molecule has 0 aliphatic heterocycles. The van der Waals surface area contributed by atoms with Crippen LogP contribution in [0, 0.1) is 6.92 Å². The van der Waals surface area contributed by atoms with E-state index < -0.39 is 6.10 Å². The molecule has 0 saturated heterocycles. The van der Waals surface area contributed by atoms with Gasteiger partial charge >= 0.3 is 0 Å². The number of rotatable bonds is 6. The maximum absolute atomic E-state index is 9.15. The highest BCUT2D eigenvalue weighted by molar-refractivity contribution is 5.05. The van der Waals surface area contributed by atoms with E-state index in [4.69, 9.17) is 15.3 Å². The van der Waals surface area contributed by atoms with Gasteiger partial charge in [0.2, 0.25) is 0 Å². The summed E-state index contributed by atoms with van der Waals surface area (Å²) in [6.45, 7) is 3.56. The molecule has 1 aromatic heterocycles. The minimum atomic E-state index is -0.451. The lowest BCUT2D eigenvalue weighted by atomic mass is 10.3. The molecule has 1 rings (SSSR count). The van der Waals surface area contributed by atoms with Crippen LogP contribution in [-0.4, -0.2) is 30.8 Å². The van der Waals surface area contributed by atoms with Gasteiger partial charge in [-0.25, -0.2) is 0 Å². The van der Waals surface area contributed by atoms with Gasteiger partial charge in [-0.3, -0.25) is 0 Å². The minimum Gasteiger partial charge on any atom is -0.466 e. The van der Waals surface area contributed by atoms with E-state index in [9.17, 15) is 0 Å². The van der Waals surface area contributed by atoms with Crippen molar-refractivity contribution in [3.8, 4) is 0 Å². The average Bonchev–Trinajstić information content (AvgIpc) is 2.58. The zero-order chi connectivity index (χ0) is 10.4. The van der Waals surface area contributed by atoms with Crippen molar-refractivity contribution in [2.45, 2.75) is 19.4 Å². The molecule has 1 unspecified atom stereocenters. The fourth-order valence-electron chi connectivity index (χ4n) is 1.18. The molecular weight excluding hydrogens is 180 g/mol. The Bertz CT molecular complexity index is 260. The monoisotopic (exact) mass is 198 g/mol. The molecule has 0 aromatic carbocycles. The van der Waals surface area contributed by atoms with Gasteiger partial charge in [0.1, 0.15) is 11.5 Å². The van der Waals surface area contributed by atoms with Crippen molar-refractivity contribution in [2.24, 2.45) is 5.73 Å². The molecule has 0 spiro atoms. The van der Waals surface area contributed by atoms with E-state index in [1.54, 1.807) is 0 Å². The van der Waals surface area contributed by atoms with Crippen LogP contribution in [-0.2, 0) is 6.42 Å². The van der Waals surface area contributed by atoms with Crippen LogP contribution >= 0.6 is 0 Å². The summed E-state index contributed by atoms with van der Waals surface area (Å²) in [5.74, 6) is 1.90. The summed E-state index contributed by atoms with van der Waals surface area (Å²) in [5.41, 5.74) is 5.26. The quantitative estimate of drug-likeness (QED) is 0.564. The number of furan rings is 1. The van der Waals surface area contributed by atoms with Gasteiger partial charge in [0.25, 0.3) is 0 Å². The van der Waals surface area contributed by atoms with Crippen LogP contribution in [0.25, 0.3) is 0 Å². The molecule has 0 aliphatic rings. The second-order valence-electron chi connectivity index (χ2n) is 3.36. The first-order chi connectivity index (χ1) is 6.72. The molecule has 1 aromatic rings. The van der Waals surface area contributed by atoms with Crippen molar-refractivity contribution in [1.82, 2.24) is 5.32 Å². The summed E-state index contributed by atoms with van der Waals surface area (Å²) in [6.07, 6.45) is 0.388. The van der Waals surface area contributed by atoms with Gasteiger partial charge in [0.15, 0.2) is 0 Å². The average molecular weight is 198 g/mol. The van der Waals surface area contributed by atoms with E-state index in [1.807, 2.05) is 19.1 Å². The van der Waals surface area contributed by atoms with Gasteiger partial charge in [0.05, 0.1) is 6.10 Å². The largest absolute Gasteiger partial charge is 0.466 e. The first-order valence-corrected chi connectivity index (χ1v) is 4.86. The lowest BCUT2D eigenvalue weighted by Gasteiger charge is -2.07. The van der Waals surface area contributed by atoms with Crippen molar-refractivity contribution in [1.29, 1.82) is 0 Å². The molecule has 80 valence electrons. The predicted octanol–water partition coefficient (Wildman–Crippen LogP) is 0.0397. The minimum absolute atomic E-state index is 0.298. The Hall–Kier alpha value is -0.840. The van der Waals surface area contributed by atoms with E-state index >= 15 is 0 Å². The van der Waals surface area contributed by atoms with E-state index in [-0.39, 0.29) is 0 Å². The first kappa shape index (κ1) is 11.2. The fourth-order valence-corrected chi connectivity index (χ4v) is 1.18. The number of hydrogen-bond donors (Lipinski definition) is 3. The molecule has 0 bridgehead atoms. The summed E-state index contributed by atoms with van der Waals surface area (Å²) in [5, 5.41) is 12.3. The Morgan fingerprint density at radius 3 is 2.93 bits per heavy atom. The molecule has 0 amide bonds. The van der Waals surface area contributed by atoms with Crippen LogP contribution in [0.1, 0.15) is 11.5 Å². The Balaban J connectivity index is 2.10. The molecule has 0 aliphatic carbocycles. The van der Waals surface area contributed by atoms with Crippen LogP contribution in [0.3, 0.4) is 0 Å². The van der Waals surface area contributed by atoms with Gasteiger partial charge in [-0.15, -0.1) is 0 Å². The van der Waals surface area contributed by atoms with Gasteiger partial charge in [0, 0.05) is 26.1 Å². The highest BCUT2D eigenvalue weighted by Gasteiger charge is 2.01. The van der Waals surface area contributed by atoms with Gasteiger partial charge in [-0.1, -0.05) is 0 Å². The van der Waals surface area contributed by atoms with Crippen LogP contribution in [0.4, 0.5) is 0 Å². The number of nitrogens with two attached hydrogens (primary N) is 1. The van der Waals surface area contributed by atoms with E-state index in [1.165, 1.54) is 0 Å². The normalized spacial score (nSPS) is 13.1. The number of aliphatic hydroxyl groups is 1. The van der Waals surface area contributed by atoms with Gasteiger partial charge in [-0.05, 0) is 19.1 Å². The van der Waals surface area contributed by atoms with E-state index in [2.05, 4.69) is 5.32 Å². The Kier molecular flexibility index (Phi) is 4.65. The Morgan fingerprint density at radius 1 is 1.57 bits per heavy atom. The van der Waals surface area contributed by atoms with Crippen LogP contribution in [0.15, 0.2) is 16.5 Å². The molecule has 4 N–H and O–H groups in total. The third kappa shape index (κ3) is 3.91. The first-order valence-electron chi connectivity index (χ1n) is 4.86. The molecule has 0 saturated carbocycles. The lowest BCUT2D eigenvalue weighted by Crippen LogP contribution is -2.33. The van der Waals surface area contributed by atoms with Crippen molar-refractivity contribution >= 4 is 0 Å². The molecule has 1 heterocycles. The number of nitrogens with one attached hydrogen (secondary N) is 1. The fraction of sp³-hybridized carbons (Fsp3) is 0.600. The third-order valence-electron chi connectivity index (χ3n) is 2.00. The van der Waals surface area contributed by atoms with Crippen molar-refractivity contribution in [3.63, 3.8) is 0 Å².